The number of β-amino-alcohol motifs (C(OH)–C–C–N with tert-alkyl or cyclic N) is 1. The summed E-state index contributed by atoms with van der Waals surface area (Å²) in [5.41, 5.74) is 5.80. The largest absolute Gasteiger partial charge is 0.389 e. The zero-order valence-corrected chi connectivity index (χ0v) is 8.44. The summed E-state index contributed by atoms with van der Waals surface area (Å²) in [7, 11) is 0. The number of aliphatic hydroxyl groups is 1. The molecule has 4 heteroatoms. The second-order valence-corrected chi connectivity index (χ2v) is 3.82. The lowest BCUT2D eigenvalue weighted by Crippen LogP contribution is -2.47. The molecule has 0 aliphatic carbocycles. The van der Waals surface area contributed by atoms with Crippen molar-refractivity contribution in [2.75, 3.05) is 26.3 Å². The lowest BCUT2D eigenvalue weighted by atomic mass is 10.1. The average molecular weight is 188 g/mol. The molecule has 1 aliphatic rings. The summed E-state index contributed by atoms with van der Waals surface area (Å²) in [6.07, 6.45) is -0.372. The van der Waals surface area contributed by atoms with Crippen molar-refractivity contribution in [2.45, 2.75) is 32.0 Å². The minimum Gasteiger partial charge on any atom is -0.389 e. The van der Waals surface area contributed by atoms with Crippen LogP contribution in [-0.2, 0) is 4.74 Å². The molecule has 1 rings (SSSR count). The summed E-state index contributed by atoms with van der Waals surface area (Å²) in [6.45, 7) is 6.74. The van der Waals surface area contributed by atoms with E-state index >= 15 is 0 Å². The van der Waals surface area contributed by atoms with Gasteiger partial charge in [-0.15, -0.1) is 0 Å². The van der Waals surface area contributed by atoms with Crippen molar-refractivity contribution >= 4 is 0 Å². The summed E-state index contributed by atoms with van der Waals surface area (Å²) in [6, 6.07) is 0.432. The molecule has 0 radical (unpaired) electrons. The fourth-order valence-corrected chi connectivity index (χ4v) is 1.52. The van der Waals surface area contributed by atoms with E-state index in [0.29, 0.717) is 25.8 Å². The van der Waals surface area contributed by atoms with E-state index in [4.69, 9.17) is 10.5 Å². The Kier molecular flexibility index (Phi) is 4.12. The van der Waals surface area contributed by atoms with Crippen LogP contribution in [0.2, 0.25) is 0 Å². The monoisotopic (exact) mass is 188 g/mol. The molecule has 1 saturated heterocycles. The first-order valence-electron chi connectivity index (χ1n) is 4.86. The lowest BCUT2D eigenvalue weighted by Gasteiger charge is -2.30. The number of nitrogens with zero attached hydrogens (tertiary/aromatic N) is 1. The zero-order valence-electron chi connectivity index (χ0n) is 8.44. The van der Waals surface area contributed by atoms with Gasteiger partial charge in [-0.3, -0.25) is 4.90 Å². The first-order chi connectivity index (χ1) is 6.11. The molecule has 0 aromatic heterocycles. The molecular formula is C9H20N2O2. The fraction of sp³-hybridized carbons (Fsp3) is 1.00. The van der Waals surface area contributed by atoms with Crippen molar-refractivity contribution in [1.29, 1.82) is 0 Å². The molecule has 1 heterocycles. The quantitative estimate of drug-likeness (QED) is 0.608. The molecule has 0 bridgehead atoms. The third-order valence-electron chi connectivity index (χ3n) is 2.62. The van der Waals surface area contributed by atoms with Crippen molar-refractivity contribution in [1.82, 2.24) is 4.90 Å². The molecule has 3 unspecified atom stereocenters. The van der Waals surface area contributed by atoms with Crippen LogP contribution in [0.25, 0.3) is 0 Å². The molecule has 1 fully saturated rings. The van der Waals surface area contributed by atoms with Gasteiger partial charge in [-0.25, -0.2) is 0 Å². The smallest absolute Gasteiger partial charge is 0.0900 e. The number of ether oxygens (including phenoxy) is 1. The number of hydrogen-bond donors (Lipinski definition) is 2. The molecule has 78 valence electrons. The topological polar surface area (TPSA) is 58.7 Å². The Bertz CT molecular complexity index is 153. The fourth-order valence-electron chi connectivity index (χ4n) is 1.52. The van der Waals surface area contributed by atoms with E-state index in [9.17, 15) is 5.11 Å². The van der Waals surface area contributed by atoms with Crippen LogP contribution >= 0.6 is 0 Å². The summed E-state index contributed by atoms with van der Waals surface area (Å²) >= 11 is 0. The second kappa shape index (κ2) is 4.91. The first-order valence-corrected chi connectivity index (χ1v) is 4.86. The Morgan fingerprint density at radius 1 is 1.54 bits per heavy atom. The van der Waals surface area contributed by atoms with Crippen molar-refractivity contribution in [3.63, 3.8) is 0 Å². The molecule has 4 nitrogen and oxygen atoms in total. The third-order valence-corrected chi connectivity index (χ3v) is 2.62. The van der Waals surface area contributed by atoms with Crippen LogP contribution in [-0.4, -0.2) is 54.5 Å². The Morgan fingerprint density at radius 2 is 2.23 bits per heavy atom. The highest BCUT2D eigenvalue weighted by Gasteiger charge is 2.22. The zero-order chi connectivity index (χ0) is 9.84. The summed E-state index contributed by atoms with van der Waals surface area (Å²) < 4.78 is 5.23. The number of hydrogen-bond acceptors (Lipinski definition) is 4. The standard InChI is InChI=1S/C9H20N2O2/c1-7(10)8(2)11-3-4-13-6-9(12)5-11/h7-9,12H,3-6,10H2,1-2H3. The maximum atomic E-state index is 9.48. The molecule has 0 aromatic carbocycles. The number of rotatable bonds is 2. The second-order valence-electron chi connectivity index (χ2n) is 3.82. The Hall–Kier alpha value is -0.160. The van der Waals surface area contributed by atoms with Gasteiger partial charge in [0.15, 0.2) is 0 Å². The maximum absolute atomic E-state index is 9.48. The van der Waals surface area contributed by atoms with Crippen LogP contribution in [0.1, 0.15) is 13.8 Å². The van der Waals surface area contributed by atoms with Crippen LogP contribution in [0.15, 0.2) is 0 Å². The van der Waals surface area contributed by atoms with Crippen molar-refractivity contribution in [3.8, 4) is 0 Å². The highest BCUT2D eigenvalue weighted by Crippen LogP contribution is 2.07. The van der Waals surface area contributed by atoms with Gasteiger partial charge < -0.3 is 15.6 Å². The van der Waals surface area contributed by atoms with Crippen LogP contribution in [0.4, 0.5) is 0 Å². The Morgan fingerprint density at radius 3 is 2.85 bits per heavy atom. The summed E-state index contributed by atoms with van der Waals surface area (Å²) in [5, 5.41) is 9.48. The van der Waals surface area contributed by atoms with Crippen LogP contribution in [0.3, 0.4) is 0 Å². The molecule has 1 aliphatic heterocycles. The van der Waals surface area contributed by atoms with Crippen LogP contribution in [0, 0.1) is 0 Å². The van der Waals surface area contributed by atoms with Gasteiger partial charge in [0.2, 0.25) is 0 Å². The van der Waals surface area contributed by atoms with E-state index in [1.54, 1.807) is 0 Å². The van der Waals surface area contributed by atoms with Crippen LogP contribution < -0.4 is 5.73 Å². The lowest BCUT2D eigenvalue weighted by molar-refractivity contribution is 0.0542. The predicted molar refractivity (Wildman–Crippen MR) is 51.5 cm³/mol. The highest BCUT2D eigenvalue weighted by molar-refractivity contribution is 4.78. The Balaban J connectivity index is 2.47. The van der Waals surface area contributed by atoms with Gasteiger partial charge in [0, 0.05) is 25.2 Å². The van der Waals surface area contributed by atoms with Crippen molar-refractivity contribution < 1.29 is 9.84 Å². The summed E-state index contributed by atoms with van der Waals surface area (Å²) in [5.74, 6) is 0. The minimum atomic E-state index is -0.372. The van der Waals surface area contributed by atoms with Gasteiger partial charge in [0.05, 0.1) is 19.3 Å². The number of aliphatic hydroxyl groups excluding tert-OH is 1. The van der Waals surface area contributed by atoms with E-state index in [2.05, 4.69) is 11.8 Å². The molecule has 3 atom stereocenters. The van der Waals surface area contributed by atoms with Gasteiger partial charge >= 0.3 is 0 Å². The molecule has 0 saturated carbocycles. The third kappa shape index (κ3) is 3.23. The first kappa shape index (κ1) is 10.9. The van der Waals surface area contributed by atoms with E-state index in [0.717, 1.165) is 6.54 Å². The Labute approximate surface area is 79.7 Å². The SMILES string of the molecule is CC(N)C(C)N1CCOCC(O)C1. The molecule has 0 spiro atoms. The highest BCUT2D eigenvalue weighted by atomic mass is 16.5. The maximum Gasteiger partial charge on any atom is 0.0900 e. The molecular weight excluding hydrogens is 168 g/mol. The van der Waals surface area contributed by atoms with E-state index < -0.39 is 0 Å². The average Bonchev–Trinajstić information content (AvgIpc) is 2.28. The van der Waals surface area contributed by atoms with Crippen molar-refractivity contribution in [3.05, 3.63) is 0 Å². The van der Waals surface area contributed by atoms with Crippen LogP contribution in [0.5, 0.6) is 0 Å². The molecule has 3 N–H and O–H groups in total. The molecule has 0 aromatic rings. The van der Waals surface area contributed by atoms with Gasteiger partial charge in [-0.05, 0) is 13.8 Å². The minimum absolute atomic E-state index is 0.130. The molecule has 13 heavy (non-hydrogen) atoms. The summed E-state index contributed by atoms with van der Waals surface area (Å²) in [4.78, 5) is 2.18. The van der Waals surface area contributed by atoms with Gasteiger partial charge in [0.25, 0.3) is 0 Å². The number of nitrogens with two attached hydrogens (primary N) is 1. The van der Waals surface area contributed by atoms with E-state index in [1.165, 1.54) is 0 Å². The van der Waals surface area contributed by atoms with Crippen molar-refractivity contribution in [2.24, 2.45) is 5.73 Å². The van der Waals surface area contributed by atoms with Gasteiger partial charge in [-0.1, -0.05) is 0 Å². The molecule has 0 amide bonds. The normalized spacial score (nSPS) is 30.9. The van der Waals surface area contributed by atoms with Gasteiger partial charge in [-0.2, -0.15) is 0 Å². The predicted octanol–water partition coefficient (Wildman–Crippen LogP) is -0.585. The van der Waals surface area contributed by atoms with E-state index in [1.807, 2.05) is 6.92 Å². The van der Waals surface area contributed by atoms with Gasteiger partial charge in [0.1, 0.15) is 0 Å². The van der Waals surface area contributed by atoms with E-state index in [-0.39, 0.29) is 12.1 Å².